The van der Waals surface area contributed by atoms with E-state index in [0.717, 1.165) is 0 Å². The average molecular weight is 401 g/mol. The molecule has 1 N–H and O–H groups in total. The molecule has 8 nitrogen and oxygen atoms in total. The molecule has 0 aliphatic carbocycles. The lowest BCUT2D eigenvalue weighted by Gasteiger charge is -2.49. The molecule has 3 rings (SSSR count). The summed E-state index contributed by atoms with van der Waals surface area (Å²) >= 11 is 5.88. The summed E-state index contributed by atoms with van der Waals surface area (Å²) in [5.41, 5.74) is 0.196. The van der Waals surface area contributed by atoms with E-state index in [2.05, 4.69) is 0 Å². The lowest BCUT2D eigenvalue weighted by atomic mass is 9.97. The van der Waals surface area contributed by atoms with Gasteiger partial charge in [-0.3, -0.25) is 4.79 Å². The first kappa shape index (κ1) is 20.0. The minimum Gasteiger partial charge on any atom is -0.457 e. The molecule has 0 aromatic heterocycles. The third-order valence-corrected chi connectivity index (χ3v) is 4.45. The van der Waals surface area contributed by atoms with Gasteiger partial charge in [0.2, 0.25) is 6.29 Å². The van der Waals surface area contributed by atoms with Gasteiger partial charge in [-0.15, -0.1) is 0 Å². The van der Waals surface area contributed by atoms with E-state index >= 15 is 0 Å². The Balaban J connectivity index is 1.78. The van der Waals surface area contributed by atoms with Crippen molar-refractivity contribution < 1.29 is 38.4 Å². The summed E-state index contributed by atoms with van der Waals surface area (Å²) in [5.74, 6) is -2.28. The molecule has 0 amide bonds. The Morgan fingerprint density at radius 1 is 1.30 bits per heavy atom. The topological polar surface area (TPSA) is 101 Å². The van der Waals surface area contributed by atoms with Crippen molar-refractivity contribution in [2.45, 2.75) is 57.3 Å². The van der Waals surface area contributed by atoms with E-state index in [4.69, 9.17) is 35.3 Å². The van der Waals surface area contributed by atoms with Crippen LogP contribution in [0.3, 0.4) is 0 Å². The van der Waals surface area contributed by atoms with Crippen LogP contribution >= 0.6 is 11.6 Å². The molecular weight excluding hydrogens is 380 g/mol. The lowest BCUT2D eigenvalue weighted by molar-refractivity contribution is -0.376. The third kappa shape index (κ3) is 4.59. The molecule has 2 aliphatic rings. The van der Waals surface area contributed by atoms with Crippen LogP contribution in [0.15, 0.2) is 24.3 Å². The molecular formula is C18H21ClO8. The van der Waals surface area contributed by atoms with Gasteiger partial charge in [0.25, 0.3) is 0 Å². The molecule has 0 spiro atoms. The molecule has 0 radical (unpaired) electrons. The first-order valence-corrected chi connectivity index (χ1v) is 8.83. The van der Waals surface area contributed by atoms with Crippen LogP contribution in [0.5, 0.6) is 0 Å². The minimum atomic E-state index is -1.44. The Hall–Kier alpha value is -1.71. The number of hydrogen-bond donors (Lipinski definition) is 1. The lowest BCUT2D eigenvalue weighted by Crippen LogP contribution is -2.65. The smallest absolute Gasteiger partial charge is 0.340 e. The van der Waals surface area contributed by atoms with Crippen molar-refractivity contribution in [1.29, 1.82) is 0 Å². The summed E-state index contributed by atoms with van der Waals surface area (Å²) in [6.45, 7) is 4.74. The van der Waals surface area contributed by atoms with Gasteiger partial charge in [-0.25, -0.2) is 4.79 Å². The molecule has 2 saturated heterocycles. The maximum absolute atomic E-state index is 12.4. The predicted molar refractivity (Wildman–Crippen MR) is 92.0 cm³/mol. The number of carbonyl (C=O) groups excluding carboxylic acids is 2. The molecule has 148 valence electrons. The van der Waals surface area contributed by atoms with Crippen molar-refractivity contribution in [1.82, 2.24) is 0 Å². The second-order valence-corrected chi connectivity index (χ2v) is 7.25. The number of aliphatic hydroxyl groups excluding tert-OH is 1. The van der Waals surface area contributed by atoms with E-state index in [1.807, 2.05) is 0 Å². The van der Waals surface area contributed by atoms with Crippen molar-refractivity contribution in [2.75, 3.05) is 6.61 Å². The number of aliphatic hydroxyl groups is 1. The second kappa shape index (κ2) is 7.73. The van der Waals surface area contributed by atoms with Gasteiger partial charge in [-0.05, 0) is 32.0 Å². The van der Waals surface area contributed by atoms with Crippen LogP contribution in [0.1, 0.15) is 31.1 Å². The first-order valence-electron chi connectivity index (χ1n) is 8.45. The molecule has 2 heterocycles. The summed E-state index contributed by atoms with van der Waals surface area (Å²) in [5, 5.41) is 11.0. The van der Waals surface area contributed by atoms with Crippen molar-refractivity contribution in [3.63, 3.8) is 0 Å². The molecule has 2 fully saturated rings. The van der Waals surface area contributed by atoms with E-state index in [1.54, 1.807) is 26.0 Å². The second-order valence-electron chi connectivity index (χ2n) is 6.82. The average Bonchev–Trinajstić information content (AvgIpc) is 2.58. The monoisotopic (exact) mass is 400 g/mol. The van der Waals surface area contributed by atoms with Crippen LogP contribution in [0, 0.1) is 0 Å². The third-order valence-electron chi connectivity index (χ3n) is 4.22. The highest BCUT2D eigenvalue weighted by Gasteiger charge is 2.53. The van der Waals surface area contributed by atoms with Crippen LogP contribution in [0.4, 0.5) is 0 Å². The Morgan fingerprint density at radius 3 is 2.70 bits per heavy atom. The van der Waals surface area contributed by atoms with Crippen LogP contribution in [-0.4, -0.2) is 60.1 Å². The Morgan fingerprint density at radius 2 is 2.04 bits per heavy atom. The maximum atomic E-state index is 12.4. The number of ether oxygens (including phenoxy) is 5. The van der Waals surface area contributed by atoms with Gasteiger partial charge in [0, 0.05) is 11.9 Å². The van der Waals surface area contributed by atoms with Gasteiger partial charge in [-0.2, -0.15) is 0 Å². The quantitative estimate of drug-likeness (QED) is 0.764. The van der Waals surface area contributed by atoms with Crippen molar-refractivity contribution in [3.8, 4) is 0 Å². The highest BCUT2D eigenvalue weighted by Crippen LogP contribution is 2.34. The molecule has 0 saturated carbocycles. The fourth-order valence-corrected chi connectivity index (χ4v) is 3.22. The van der Waals surface area contributed by atoms with Gasteiger partial charge < -0.3 is 28.8 Å². The fourth-order valence-electron chi connectivity index (χ4n) is 3.03. The number of esters is 2. The Labute approximate surface area is 161 Å². The fraction of sp³-hybridized carbons (Fsp3) is 0.556. The predicted octanol–water partition coefficient (Wildman–Crippen LogP) is 1.67. The van der Waals surface area contributed by atoms with Crippen LogP contribution in [0.2, 0.25) is 5.02 Å². The number of benzene rings is 1. The van der Waals surface area contributed by atoms with E-state index in [-0.39, 0.29) is 12.2 Å². The van der Waals surface area contributed by atoms with Gasteiger partial charge in [0.15, 0.2) is 18.0 Å². The molecule has 1 aromatic carbocycles. The van der Waals surface area contributed by atoms with Crippen LogP contribution < -0.4 is 0 Å². The molecule has 2 aliphatic heterocycles. The van der Waals surface area contributed by atoms with Gasteiger partial charge in [-0.1, -0.05) is 17.7 Å². The zero-order valence-electron chi connectivity index (χ0n) is 15.1. The zero-order valence-corrected chi connectivity index (χ0v) is 15.8. The summed E-state index contributed by atoms with van der Waals surface area (Å²) in [7, 11) is 0. The number of hydrogen-bond acceptors (Lipinski definition) is 8. The zero-order chi connectivity index (χ0) is 19.8. The first-order chi connectivity index (χ1) is 12.7. The van der Waals surface area contributed by atoms with Crippen molar-refractivity contribution in [2.24, 2.45) is 0 Å². The summed E-state index contributed by atoms with van der Waals surface area (Å²) < 4.78 is 27.5. The molecule has 27 heavy (non-hydrogen) atoms. The number of halogens is 1. The molecule has 9 heteroatoms. The van der Waals surface area contributed by atoms with Gasteiger partial charge >= 0.3 is 11.9 Å². The Bertz CT molecular complexity index is 721. The standard InChI is InChI=1S/C18H21ClO8/c1-9(20)24-15-13(21)17(25-12-8-23-18(2,3)27-14(12)15)26-16(22)10-5-4-6-11(19)7-10/h4-7,12-15,17,21H,8H2,1-3H3/t12-,13-,14-,15-,17?/m1/s1. The molecule has 1 unspecified atom stereocenters. The maximum Gasteiger partial charge on any atom is 0.340 e. The van der Waals surface area contributed by atoms with Crippen LogP contribution in [-0.2, 0) is 28.5 Å². The number of fused-ring (bicyclic) bond motifs is 1. The SMILES string of the molecule is CC(=O)O[C@H]1[C@@H]2OC(C)(C)OC[C@H]2OC(OC(=O)c2cccc(Cl)c2)[C@@H]1O. The van der Waals surface area contributed by atoms with Gasteiger partial charge in [0.05, 0.1) is 12.2 Å². The van der Waals surface area contributed by atoms with Crippen molar-refractivity contribution >= 4 is 23.5 Å². The largest absolute Gasteiger partial charge is 0.457 e. The van der Waals surface area contributed by atoms with E-state index < -0.39 is 48.4 Å². The van der Waals surface area contributed by atoms with E-state index in [1.165, 1.54) is 19.1 Å². The summed E-state index contributed by atoms with van der Waals surface area (Å²) in [6.07, 6.45) is -5.35. The molecule has 1 aromatic rings. The minimum absolute atomic E-state index is 0.118. The van der Waals surface area contributed by atoms with E-state index in [0.29, 0.717) is 5.02 Å². The van der Waals surface area contributed by atoms with Crippen LogP contribution in [0.25, 0.3) is 0 Å². The highest BCUT2D eigenvalue weighted by molar-refractivity contribution is 6.30. The normalized spacial score (nSPS) is 32.3. The molecule has 0 bridgehead atoms. The Kier molecular flexibility index (Phi) is 5.73. The van der Waals surface area contributed by atoms with Crippen molar-refractivity contribution in [3.05, 3.63) is 34.9 Å². The highest BCUT2D eigenvalue weighted by atomic mass is 35.5. The number of rotatable bonds is 3. The molecule has 5 atom stereocenters. The number of carbonyl (C=O) groups is 2. The van der Waals surface area contributed by atoms with Gasteiger partial charge in [0.1, 0.15) is 12.2 Å². The summed E-state index contributed by atoms with van der Waals surface area (Å²) in [4.78, 5) is 23.9. The summed E-state index contributed by atoms with van der Waals surface area (Å²) in [6, 6.07) is 6.16. The van der Waals surface area contributed by atoms with E-state index in [9.17, 15) is 14.7 Å².